The van der Waals surface area contributed by atoms with Crippen molar-refractivity contribution in [2.24, 2.45) is 5.92 Å². The van der Waals surface area contributed by atoms with Crippen LogP contribution >= 0.6 is 0 Å². The van der Waals surface area contributed by atoms with Gasteiger partial charge >= 0.3 is 11.9 Å². The van der Waals surface area contributed by atoms with Crippen LogP contribution in [0, 0.1) is 5.92 Å². The molecule has 0 radical (unpaired) electrons. The molecule has 1 aromatic heterocycles. The minimum Gasteiger partial charge on any atom is -0.497 e. The standard InChI is InChI=1S/C35H33NO8/c1-41-27-14-9-22(10-15-27)31-32(23-11-16-28(42-2)17-12-23)44-33(36-31)26-8-7-25-21-29(18-13-24(25)20-26)43-19-5-3-4-6-30(34(37)38)35(39)40/h7-18,20-21,30H,3-6,19H2,1-2H3,(H,37,38)(H,39,40). The van der Waals surface area contributed by atoms with Crippen molar-refractivity contribution in [3.05, 3.63) is 84.9 Å². The molecule has 44 heavy (non-hydrogen) atoms. The second-order valence-corrected chi connectivity index (χ2v) is 10.3. The Bertz CT molecular complexity index is 1660. The first-order chi connectivity index (χ1) is 21.4. The summed E-state index contributed by atoms with van der Waals surface area (Å²) in [5.74, 6) is -0.583. The number of unbranched alkanes of at least 4 members (excludes halogenated alkanes) is 2. The first-order valence-corrected chi connectivity index (χ1v) is 14.3. The van der Waals surface area contributed by atoms with Gasteiger partial charge in [-0.1, -0.05) is 25.0 Å². The summed E-state index contributed by atoms with van der Waals surface area (Å²) in [5, 5.41) is 20.0. The van der Waals surface area contributed by atoms with Gasteiger partial charge in [0.2, 0.25) is 5.89 Å². The lowest BCUT2D eigenvalue weighted by molar-refractivity contribution is -0.154. The topological polar surface area (TPSA) is 128 Å². The Morgan fingerprint density at radius 1 is 0.705 bits per heavy atom. The number of ether oxygens (including phenoxy) is 3. The van der Waals surface area contributed by atoms with E-state index in [0.717, 1.165) is 50.4 Å². The van der Waals surface area contributed by atoms with Gasteiger partial charge in [-0.2, -0.15) is 0 Å². The number of carbonyl (C=O) groups is 2. The molecule has 4 aromatic carbocycles. The summed E-state index contributed by atoms with van der Waals surface area (Å²) < 4.78 is 22.9. The van der Waals surface area contributed by atoms with E-state index in [1.54, 1.807) is 14.2 Å². The van der Waals surface area contributed by atoms with E-state index in [-0.39, 0.29) is 6.42 Å². The molecular formula is C35H33NO8. The molecule has 0 spiro atoms. The van der Waals surface area contributed by atoms with E-state index < -0.39 is 17.9 Å². The average molecular weight is 596 g/mol. The summed E-state index contributed by atoms with van der Waals surface area (Å²) in [5.41, 5.74) is 3.33. The zero-order chi connectivity index (χ0) is 31.1. The molecule has 0 fully saturated rings. The summed E-state index contributed by atoms with van der Waals surface area (Å²) in [6.07, 6.45) is 1.99. The third-order valence-electron chi connectivity index (χ3n) is 7.40. The molecule has 9 nitrogen and oxygen atoms in total. The van der Waals surface area contributed by atoms with E-state index in [2.05, 4.69) is 0 Å². The van der Waals surface area contributed by atoms with Crippen molar-refractivity contribution < 1.29 is 38.4 Å². The number of carboxylic acid groups (broad SMARTS) is 2. The number of hydrogen-bond donors (Lipinski definition) is 2. The maximum atomic E-state index is 11.0. The van der Waals surface area contributed by atoms with Crippen molar-refractivity contribution in [3.8, 4) is 51.3 Å². The van der Waals surface area contributed by atoms with Crippen molar-refractivity contribution in [1.82, 2.24) is 4.98 Å². The SMILES string of the molecule is COc1ccc(-c2nc(-c3ccc4cc(OCCCCCC(C(=O)O)C(=O)O)ccc4c3)oc2-c2ccc(OC)cc2)cc1. The Morgan fingerprint density at radius 2 is 1.27 bits per heavy atom. The van der Waals surface area contributed by atoms with Crippen LogP contribution < -0.4 is 14.2 Å². The number of oxazole rings is 1. The van der Waals surface area contributed by atoms with Crippen molar-refractivity contribution in [3.63, 3.8) is 0 Å². The zero-order valence-corrected chi connectivity index (χ0v) is 24.5. The smallest absolute Gasteiger partial charge is 0.317 e. The fraction of sp³-hybridized carbons (Fsp3) is 0.229. The summed E-state index contributed by atoms with van der Waals surface area (Å²) in [4.78, 5) is 26.9. The Balaban J connectivity index is 1.31. The van der Waals surface area contributed by atoms with Gasteiger partial charge in [-0.25, -0.2) is 4.98 Å². The second kappa shape index (κ2) is 13.8. The van der Waals surface area contributed by atoms with Crippen LogP contribution in [0.4, 0.5) is 0 Å². The Morgan fingerprint density at radius 3 is 1.91 bits per heavy atom. The number of fused-ring (bicyclic) bond motifs is 1. The second-order valence-electron chi connectivity index (χ2n) is 10.3. The highest BCUT2D eigenvalue weighted by Gasteiger charge is 2.24. The predicted octanol–water partition coefficient (Wildman–Crippen LogP) is 7.57. The predicted molar refractivity (Wildman–Crippen MR) is 166 cm³/mol. The van der Waals surface area contributed by atoms with E-state index >= 15 is 0 Å². The van der Waals surface area contributed by atoms with Crippen LogP contribution in [0.2, 0.25) is 0 Å². The van der Waals surface area contributed by atoms with Gasteiger partial charge in [0.05, 0.1) is 20.8 Å². The van der Waals surface area contributed by atoms with Crippen molar-refractivity contribution in [1.29, 1.82) is 0 Å². The monoisotopic (exact) mass is 595 g/mol. The Kier molecular flexibility index (Phi) is 9.44. The number of methoxy groups -OCH3 is 2. The molecule has 5 aromatic rings. The normalized spacial score (nSPS) is 11.1. The number of aromatic nitrogens is 1. The van der Waals surface area contributed by atoms with Gasteiger partial charge in [-0.15, -0.1) is 0 Å². The highest BCUT2D eigenvalue weighted by molar-refractivity contribution is 5.92. The lowest BCUT2D eigenvalue weighted by atomic mass is 10.0. The van der Waals surface area contributed by atoms with E-state index in [4.69, 9.17) is 33.8 Å². The summed E-state index contributed by atoms with van der Waals surface area (Å²) >= 11 is 0. The number of carboxylic acids is 2. The van der Waals surface area contributed by atoms with Crippen molar-refractivity contribution in [2.45, 2.75) is 25.7 Å². The molecule has 0 atom stereocenters. The third-order valence-corrected chi connectivity index (χ3v) is 7.40. The van der Waals surface area contributed by atoms with Gasteiger partial charge in [-0.3, -0.25) is 9.59 Å². The van der Waals surface area contributed by atoms with E-state index in [1.165, 1.54) is 0 Å². The first-order valence-electron chi connectivity index (χ1n) is 14.3. The highest BCUT2D eigenvalue weighted by Crippen LogP contribution is 2.38. The number of aliphatic carboxylic acids is 2. The third kappa shape index (κ3) is 7.00. The summed E-state index contributed by atoms with van der Waals surface area (Å²) in [6, 6.07) is 27.2. The first kappa shape index (κ1) is 30.2. The molecule has 0 saturated heterocycles. The van der Waals surface area contributed by atoms with Crippen LogP contribution in [0.1, 0.15) is 25.7 Å². The van der Waals surface area contributed by atoms with Gasteiger partial charge in [0.15, 0.2) is 11.7 Å². The molecule has 0 saturated carbocycles. The molecule has 5 rings (SSSR count). The molecule has 226 valence electrons. The number of benzene rings is 4. The molecule has 2 N–H and O–H groups in total. The molecular weight excluding hydrogens is 562 g/mol. The van der Waals surface area contributed by atoms with Gasteiger partial charge in [0.25, 0.3) is 0 Å². The molecule has 0 bridgehead atoms. The molecule has 0 aliphatic heterocycles. The minimum absolute atomic E-state index is 0.108. The molecule has 0 aliphatic carbocycles. The molecule has 9 heteroatoms. The van der Waals surface area contributed by atoms with Crippen molar-refractivity contribution in [2.75, 3.05) is 20.8 Å². The lowest BCUT2D eigenvalue weighted by Crippen LogP contribution is -2.23. The maximum absolute atomic E-state index is 11.0. The van der Waals surface area contributed by atoms with E-state index in [0.29, 0.717) is 37.5 Å². The van der Waals surface area contributed by atoms with Crippen LogP contribution in [-0.2, 0) is 9.59 Å². The molecule has 0 amide bonds. The average Bonchev–Trinajstić information content (AvgIpc) is 3.49. The summed E-state index contributed by atoms with van der Waals surface area (Å²) in [6.45, 7) is 0.451. The van der Waals surface area contributed by atoms with Crippen LogP contribution in [-0.4, -0.2) is 48.0 Å². The van der Waals surface area contributed by atoms with Gasteiger partial charge in [0.1, 0.15) is 22.9 Å². The zero-order valence-electron chi connectivity index (χ0n) is 24.5. The number of rotatable bonds is 14. The molecule has 0 unspecified atom stereocenters. The molecule has 0 aliphatic rings. The number of hydrogen-bond acceptors (Lipinski definition) is 7. The van der Waals surface area contributed by atoms with E-state index in [1.807, 2.05) is 84.9 Å². The number of nitrogens with zero attached hydrogens (tertiary/aromatic N) is 1. The lowest BCUT2D eigenvalue weighted by Gasteiger charge is -2.09. The largest absolute Gasteiger partial charge is 0.497 e. The van der Waals surface area contributed by atoms with Gasteiger partial charge in [0, 0.05) is 16.7 Å². The van der Waals surface area contributed by atoms with Gasteiger partial charge in [-0.05, 0) is 96.4 Å². The van der Waals surface area contributed by atoms with Crippen LogP contribution in [0.15, 0.2) is 89.3 Å². The van der Waals surface area contributed by atoms with Crippen LogP contribution in [0.5, 0.6) is 17.2 Å². The Labute approximate surface area is 254 Å². The Hall–Kier alpha value is -5.31. The fourth-order valence-electron chi connectivity index (χ4n) is 4.94. The van der Waals surface area contributed by atoms with Crippen LogP contribution in [0.3, 0.4) is 0 Å². The quantitative estimate of drug-likeness (QED) is 0.0986. The maximum Gasteiger partial charge on any atom is 0.317 e. The minimum atomic E-state index is -1.36. The van der Waals surface area contributed by atoms with Gasteiger partial charge < -0.3 is 28.8 Å². The van der Waals surface area contributed by atoms with E-state index in [9.17, 15) is 9.59 Å². The summed E-state index contributed by atoms with van der Waals surface area (Å²) in [7, 11) is 3.26. The fourth-order valence-corrected chi connectivity index (χ4v) is 4.94. The molecule has 1 heterocycles. The highest BCUT2D eigenvalue weighted by atomic mass is 16.5. The van der Waals surface area contributed by atoms with Crippen molar-refractivity contribution >= 4 is 22.7 Å². The van der Waals surface area contributed by atoms with Crippen LogP contribution in [0.25, 0.3) is 44.8 Å².